The van der Waals surface area contributed by atoms with Crippen LogP contribution in [-0.2, 0) is 9.53 Å². The highest BCUT2D eigenvalue weighted by molar-refractivity contribution is 9.10. The molecule has 0 spiro atoms. The molecule has 0 aliphatic carbocycles. The summed E-state index contributed by atoms with van der Waals surface area (Å²) in [7, 11) is 0. The first-order chi connectivity index (χ1) is 10.1. The molecule has 0 unspecified atom stereocenters. The van der Waals surface area contributed by atoms with E-state index in [0.29, 0.717) is 16.3 Å². The van der Waals surface area contributed by atoms with Gasteiger partial charge in [-0.15, -0.1) is 0 Å². The fourth-order valence-electron chi connectivity index (χ4n) is 1.58. The van der Waals surface area contributed by atoms with Crippen LogP contribution in [0.4, 0.5) is 5.69 Å². The average Bonchev–Trinajstić information content (AvgIpc) is 2.47. The van der Waals surface area contributed by atoms with E-state index in [9.17, 15) is 9.59 Å². The summed E-state index contributed by atoms with van der Waals surface area (Å²) >= 11 is 9.10. The van der Waals surface area contributed by atoms with Gasteiger partial charge in [-0.2, -0.15) is 0 Å². The number of ether oxygens (including phenoxy) is 1. The van der Waals surface area contributed by atoms with Gasteiger partial charge in [0.1, 0.15) is 0 Å². The number of carbonyl (C=O) groups excluding carboxylic acids is 2. The highest BCUT2D eigenvalue weighted by Crippen LogP contribution is 2.21. The Bertz CT molecular complexity index is 675. The fourth-order valence-corrected chi connectivity index (χ4v) is 2.15. The average molecular weight is 369 g/mol. The lowest BCUT2D eigenvalue weighted by molar-refractivity contribution is -0.119. The number of carbonyl (C=O) groups is 2. The molecule has 0 saturated heterocycles. The molecule has 0 bridgehead atoms. The van der Waals surface area contributed by atoms with Gasteiger partial charge in [0, 0.05) is 9.50 Å². The van der Waals surface area contributed by atoms with Crippen molar-refractivity contribution in [2.24, 2.45) is 0 Å². The van der Waals surface area contributed by atoms with E-state index in [2.05, 4.69) is 21.2 Å². The van der Waals surface area contributed by atoms with Gasteiger partial charge in [0.25, 0.3) is 5.91 Å². The number of hydrogen-bond acceptors (Lipinski definition) is 3. The zero-order chi connectivity index (χ0) is 15.2. The van der Waals surface area contributed by atoms with Crippen molar-refractivity contribution in [1.82, 2.24) is 0 Å². The van der Waals surface area contributed by atoms with E-state index in [1.165, 1.54) is 6.07 Å². The van der Waals surface area contributed by atoms with E-state index in [1.54, 1.807) is 36.4 Å². The lowest BCUT2D eigenvalue weighted by atomic mass is 10.2. The SMILES string of the molecule is O=C(COC(=O)c1cccc(Cl)c1)Nc1ccccc1Br. The zero-order valence-corrected chi connectivity index (χ0v) is 13.1. The van der Waals surface area contributed by atoms with Gasteiger partial charge in [-0.1, -0.05) is 29.8 Å². The Hall–Kier alpha value is -1.85. The van der Waals surface area contributed by atoms with E-state index in [-0.39, 0.29) is 6.61 Å². The molecule has 0 aliphatic rings. The second kappa shape index (κ2) is 7.24. The van der Waals surface area contributed by atoms with Gasteiger partial charge in [0.05, 0.1) is 11.3 Å². The van der Waals surface area contributed by atoms with Crippen LogP contribution in [0.2, 0.25) is 5.02 Å². The summed E-state index contributed by atoms with van der Waals surface area (Å²) < 4.78 is 5.68. The fraction of sp³-hybridized carbons (Fsp3) is 0.0667. The molecule has 2 aromatic carbocycles. The van der Waals surface area contributed by atoms with Gasteiger partial charge in [-0.05, 0) is 46.3 Å². The van der Waals surface area contributed by atoms with Crippen molar-refractivity contribution in [1.29, 1.82) is 0 Å². The highest BCUT2D eigenvalue weighted by Gasteiger charge is 2.11. The summed E-state index contributed by atoms with van der Waals surface area (Å²) in [5.74, 6) is -1.02. The molecule has 0 aromatic heterocycles. The smallest absolute Gasteiger partial charge is 0.338 e. The molecule has 0 radical (unpaired) electrons. The number of anilines is 1. The van der Waals surface area contributed by atoms with Gasteiger partial charge in [-0.3, -0.25) is 4.79 Å². The Morgan fingerprint density at radius 3 is 2.62 bits per heavy atom. The number of hydrogen-bond donors (Lipinski definition) is 1. The monoisotopic (exact) mass is 367 g/mol. The summed E-state index contributed by atoms with van der Waals surface area (Å²) in [6.07, 6.45) is 0. The summed E-state index contributed by atoms with van der Waals surface area (Å²) in [6, 6.07) is 13.5. The maximum atomic E-state index is 11.8. The molecular weight excluding hydrogens is 358 g/mol. The maximum absolute atomic E-state index is 11.8. The van der Waals surface area contributed by atoms with E-state index in [0.717, 1.165) is 4.47 Å². The van der Waals surface area contributed by atoms with Gasteiger partial charge in [0.2, 0.25) is 0 Å². The van der Waals surface area contributed by atoms with E-state index in [4.69, 9.17) is 16.3 Å². The van der Waals surface area contributed by atoms with Crippen molar-refractivity contribution in [2.45, 2.75) is 0 Å². The van der Waals surface area contributed by atoms with Crippen LogP contribution in [0, 0.1) is 0 Å². The predicted octanol–water partition coefficient (Wildman–Crippen LogP) is 3.90. The summed E-state index contributed by atoms with van der Waals surface area (Å²) in [6.45, 7) is -0.368. The lowest BCUT2D eigenvalue weighted by Crippen LogP contribution is -2.21. The minimum atomic E-state index is -0.597. The van der Waals surface area contributed by atoms with Crippen LogP contribution in [0.25, 0.3) is 0 Å². The Labute approximate surface area is 135 Å². The quantitative estimate of drug-likeness (QED) is 0.833. The standard InChI is InChI=1S/C15H11BrClNO3/c16-12-6-1-2-7-13(12)18-14(19)9-21-15(20)10-4-3-5-11(17)8-10/h1-8H,9H2,(H,18,19). The van der Waals surface area contributed by atoms with Crippen molar-refractivity contribution >= 4 is 45.1 Å². The van der Waals surface area contributed by atoms with Crippen LogP contribution in [0.1, 0.15) is 10.4 Å². The molecule has 21 heavy (non-hydrogen) atoms. The minimum absolute atomic E-state index is 0.302. The van der Waals surface area contributed by atoms with Gasteiger partial charge < -0.3 is 10.1 Å². The van der Waals surface area contributed by atoms with Crippen LogP contribution in [0.5, 0.6) is 0 Å². The Morgan fingerprint density at radius 1 is 1.14 bits per heavy atom. The molecule has 0 fully saturated rings. The summed E-state index contributed by atoms with van der Waals surface area (Å²) in [5, 5.41) is 3.07. The molecule has 6 heteroatoms. The number of rotatable bonds is 4. The first kappa shape index (κ1) is 15.5. The second-order valence-corrected chi connectivity index (χ2v) is 5.41. The number of esters is 1. The van der Waals surface area contributed by atoms with Crippen molar-refractivity contribution in [3.8, 4) is 0 Å². The second-order valence-electron chi connectivity index (χ2n) is 4.11. The Morgan fingerprint density at radius 2 is 1.90 bits per heavy atom. The normalized spacial score (nSPS) is 10.0. The van der Waals surface area contributed by atoms with Crippen molar-refractivity contribution in [2.75, 3.05) is 11.9 Å². The predicted molar refractivity (Wildman–Crippen MR) is 84.5 cm³/mol. The van der Waals surface area contributed by atoms with E-state index >= 15 is 0 Å². The first-order valence-corrected chi connectivity index (χ1v) is 7.20. The number of para-hydroxylation sites is 1. The van der Waals surface area contributed by atoms with Crippen LogP contribution in [0.3, 0.4) is 0 Å². The molecule has 2 rings (SSSR count). The molecule has 0 aliphatic heterocycles. The molecule has 4 nitrogen and oxygen atoms in total. The molecule has 0 heterocycles. The number of benzene rings is 2. The first-order valence-electron chi connectivity index (χ1n) is 6.03. The third kappa shape index (κ3) is 4.58. The molecule has 1 amide bonds. The van der Waals surface area contributed by atoms with Crippen LogP contribution in [-0.4, -0.2) is 18.5 Å². The minimum Gasteiger partial charge on any atom is -0.452 e. The zero-order valence-electron chi connectivity index (χ0n) is 10.8. The molecule has 0 atom stereocenters. The molecule has 0 saturated carbocycles. The van der Waals surface area contributed by atoms with Crippen LogP contribution < -0.4 is 5.32 Å². The number of nitrogens with one attached hydrogen (secondary N) is 1. The van der Waals surface area contributed by atoms with Crippen LogP contribution >= 0.6 is 27.5 Å². The van der Waals surface area contributed by atoms with E-state index in [1.807, 2.05) is 6.07 Å². The number of halogens is 2. The highest BCUT2D eigenvalue weighted by atomic mass is 79.9. The Balaban J connectivity index is 1.90. The maximum Gasteiger partial charge on any atom is 0.338 e. The Kier molecular flexibility index (Phi) is 5.36. The van der Waals surface area contributed by atoms with E-state index < -0.39 is 11.9 Å². The van der Waals surface area contributed by atoms with Gasteiger partial charge >= 0.3 is 5.97 Å². The van der Waals surface area contributed by atoms with Crippen molar-refractivity contribution in [3.05, 3.63) is 63.6 Å². The third-order valence-electron chi connectivity index (χ3n) is 2.54. The summed E-state index contributed by atoms with van der Waals surface area (Å²) in [4.78, 5) is 23.5. The van der Waals surface area contributed by atoms with Crippen molar-refractivity contribution in [3.63, 3.8) is 0 Å². The van der Waals surface area contributed by atoms with Gasteiger partial charge in [-0.25, -0.2) is 4.79 Å². The van der Waals surface area contributed by atoms with Gasteiger partial charge in [0.15, 0.2) is 6.61 Å². The number of amides is 1. The summed E-state index contributed by atoms with van der Waals surface area (Å²) in [5.41, 5.74) is 0.914. The van der Waals surface area contributed by atoms with Crippen LogP contribution in [0.15, 0.2) is 53.0 Å². The molecule has 1 N–H and O–H groups in total. The topological polar surface area (TPSA) is 55.4 Å². The third-order valence-corrected chi connectivity index (χ3v) is 3.47. The molecule has 108 valence electrons. The lowest BCUT2D eigenvalue weighted by Gasteiger charge is -2.08. The largest absolute Gasteiger partial charge is 0.452 e. The molecule has 2 aromatic rings. The van der Waals surface area contributed by atoms with Crippen molar-refractivity contribution < 1.29 is 14.3 Å². The molecular formula is C15H11BrClNO3.